The number of amides is 1. The molecule has 2 aliphatic rings. The van der Waals surface area contributed by atoms with Gasteiger partial charge >= 0.3 is 5.97 Å². The maximum Gasteiger partial charge on any atom is 0.348 e. The minimum Gasteiger partial charge on any atom is -0.465 e. The van der Waals surface area contributed by atoms with Crippen molar-refractivity contribution in [3.8, 4) is 0 Å². The number of ether oxygens (including phenoxy) is 1. The summed E-state index contributed by atoms with van der Waals surface area (Å²) in [4.78, 5) is 26.5. The lowest BCUT2D eigenvalue weighted by Gasteiger charge is -2.29. The molecule has 1 aromatic heterocycles. The van der Waals surface area contributed by atoms with Gasteiger partial charge in [-0.1, -0.05) is 6.42 Å². The summed E-state index contributed by atoms with van der Waals surface area (Å²) in [5.74, 6) is -0.380. The normalized spacial score (nSPS) is 17.4. The predicted octanol–water partition coefficient (Wildman–Crippen LogP) is 3.27. The molecule has 1 aromatic carbocycles. The number of benzene rings is 1. The number of methoxy groups -OCH3 is 1. The molecule has 1 fully saturated rings. The fraction of sp³-hybridized carbons (Fsp3) is 0.316. The summed E-state index contributed by atoms with van der Waals surface area (Å²) >= 11 is 1.08. The van der Waals surface area contributed by atoms with Crippen molar-refractivity contribution in [1.29, 1.82) is 0 Å². The third kappa shape index (κ3) is 3.77. The number of nitrogens with one attached hydrogen (secondary N) is 1. The SMILES string of the molecule is COC(=O)c1ccc(NC(=O)c2ccc3c(c2)S(=O)(=O)N=C2CCCCCN23)s1. The van der Waals surface area contributed by atoms with E-state index in [1.165, 1.54) is 13.2 Å². The topological polar surface area (TPSA) is 105 Å². The zero-order valence-electron chi connectivity index (χ0n) is 15.7. The van der Waals surface area contributed by atoms with E-state index >= 15 is 0 Å². The zero-order valence-corrected chi connectivity index (χ0v) is 17.3. The Morgan fingerprint density at radius 3 is 2.79 bits per heavy atom. The van der Waals surface area contributed by atoms with E-state index in [4.69, 9.17) is 0 Å². The van der Waals surface area contributed by atoms with Crippen molar-refractivity contribution in [2.75, 3.05) is 23.9 Å². The molecule has 1 amide bonds. The van der Waals surface area contributed by atoms with Crippen molar-refractivity contribution in [3.63, 3.8) is 0 Å². The van der Waals surface area contributed by atoms with Crippen LogP contribution >= 0.6 is 11.3 Å². The van der Waals surface area contributed by atoms with Crippen LogP contribution in [0.4, 0.5) is 10.7 Å². The Kier molecular flexibility index (Phi) is 5.13. The Labute approximate surface area is 172 Å². The Bertz CT molecular complexity index is 1120. The molecular formula is C19H19N3O5S2. The van der Waals surface area contributed by atoms with Crippen LogP contribution in [-0.4, -0.2) is 39.8 Å². The van der Waals surface area contributed by atoms with Gasteiger partial charge in [-0.25, -0.2) is 4.79 Å². The van der Waals surface area contributed by atoms with Crippen LogP contribution < -0.4 is 10.2 Å². The summed E-state index contributed by atoms with van der Waals surface area (Å²) < 4.78 is 34.0. The van der Waals surface area contributed by atoms with Gasteiger partial charge in [-0.2, -0.15) is 8.42 Å². The van der Waals surface area contributed by atoms with Crippen molar-refractivity contribution < 1.29 is 22.7 Å². The third-order valence-corrected chi connectivity index (χ3v) is 7.15. The van der Waals surface area contributed by atoms with Crippen LogP contribution in [0.2, 0.25) is 0 Å². The summed E-state index contributed by atoms with van der Waals surface area (Å²) in [6, 6.07) is 7.78. The summed E-state index contributed by atoms with van der Waals surface area (Å²) in [7, 11) is -2.58. The minimum atomic E-state index is -3.86. The van der Waals surface area contributed by atoms with E-state index in [9.17, 15) is 18.0 Å². The van der Waals surface area contributed by atoms with Gasteiger partial charge in [-0.15, -0.1) is 15.7 Å². The van der Waals surface area contributed by atoms with E-state index < -0.39 is 21.9 Å². The van der Waals surface area contributed by atoms with Crippen LogP contribution in [0.15, 0.2) is 39.6 Å². The molecule has 0 unspecified atom stereocenters. The smallest absolute Gasteiger partial charge is 0.348 e. The fourth-order valence-electron chi connectivity index (χ4n) is 3.42. The van der Waals surface area contributed by atoms with Crippen LogP contribution in [0.5, 0.6) is 0 Å². The van der Waals surface area contributed by atoms with E-state index in [0.29, 0.717) is 34.4 Å². The van der Waals surface area contributed by atoms with Gasteiger partial charge in [-0.05, 0) is 43.2 Å². The molecule has 10 heteroatoms. The molecule has 0 atom stereocenters. The number of thiophene rings is 1. The van der Waals surface area contributed by atoms with E-state index in [0.717, 1.165) is 30.6 Å². The highest BCUT2D eigenvalue weighted by molar-refractivity contribution is 7.90. The number of carbonyl (C=O) groups excluding carboxylic acids is 2. The van der Waals surface area contributed by atoms with Crippen LogP contribution in [0.25, 0.3) is 0 Å². The number of anilines is 2. The summed E-state index contributed by atoms with van der Waals surface area (Å²) in [6.45, 7) is 0.707. The van der Waals surface area contributed by atoms with Gasteiger partial charge in [0.1, 0.15) is 15.6 Å². The number of esters is 1. The number of hydrogen-bond acceptors (Lipinski definition) is 7. The van der Waals surface area contributed by atoms with Gasteiger partial charge in [-0.3, -0.25) is 4.79 Å². The largest absolute Gasteiger partial charge is 0.465 e. The molecule has 2 aliphatic heterocycles. The minimum absolute atomic E-state index is 0.0391. The molecule has 0 spiro atoms. The molecule has 0 radical (unpaired) electrons. The van der Waals surface area contributed by atoms with Crippen LogP contribution in [0.3, 0.4) is 0 Å². The third-order valence-electron chi connectivity index (χ3n) is 4.84. The molecular weight excluding hydrogens is 414 g/mol. The molecule has 0 bridgehead atoms. The molecule has 4 rings (SSSR count). The lowest BCUT2D eigenvalue weighted by Crippen LogP contribution is -2.35. The molecule has 29 heavy (non-hydrogen) atoms. The van der Waals surface area contributed by atoms with Gasteiger partial charge < -0.3 is 15.0 Å². The maximum absolute atomic E-state index is 12.7. The van der Waals surface area contributed by atoms with E-state index in [-0.39, 0.29) is 10.5 Å². The fourth-order valence-corrected chi connectivity index (χ4v) is 5.52. The Hall–Kier alpha value is -2.72. The van der Waals surface area contributed by atoms with Crippen molar-refractivity contribution >= 4 is 49.8 Å². The zero-order chi connectivity index (χ0) is 20.6. The second-order valence-electron chi connectivity index (χ2n) is 6.74. The lowest BCUT2D eigenvalue weighted by atomic mass is 10.1. The quantitative estimate of drug-likeness (QED) is 0.745. The second-order valence-corrected chi connectivity index (χ2v) is 9.39. The molecule has 1 N–H and O–H groups in total. The van der Waals surface area contributed by atoms with E-state index in [2.05, 4.69) is 14.5 Å². The lowest BCUT2D eigenvalue weighted by molar-refractivity contribution is 0.0606. The molecule has 8 nitrogen and oxygen atoms in total. The average Bonchev–Trinajstić information content (AvgIpc) is 3.04. The van der Waals surface area contributed by atoms with Crippen molar-refractivity contribution in [2.45, 2.75) is 30.6 Å². The molecule has 0 aliphatic carbocycles. The van der Waals surface area contributed by atoms with Gasteiger partial charge in [0.2, 0.25) is 0 Å². The number of amidine groups is 1. The number of carbonyl (C=O) groups is 2. The van der Waals surface area contributed by atoms with Gasteiger partial charge in [0.25, 0.3) is 15.9 Å². The average molecular weight is 434 g/mol. The Morgan fingerprint density at radius 1 is 1.17 bits per heavy atom. The number of nitrogens with zero attached hydrogens (tertiary/aromatic N) is 2. The van der Waals surface area contributed by atoms with E-state index in [1.54, 1.807) is 24.3 Å². The van der Waals surface area contributed by atoms with E-state index in [1.807, 2.05) is 4.90 Å². The highest BCUT2D eigenvalue weighted by Crippen LogP contribution is 2.35. The first-order chi connectivity index (χ1) is 13.9. The Morgan fingerprint density at radius 2 is 2.00 bits per heavy atom. The first kappa shape index (κ1) is 19.6. The maximum atomic E-state index is 12.7. The molecule has 1 saturated heterocycles. The first-order valence-electron chi connectivity index (χ1n) is 9.14. The molecule has 152 valence electrons. The second kappa shape index (κ2) is 7.60. The van der Waals surface area contributed by atoms with Gasteiger partial charge in [0, 0.05) is 18.5 Å². The first-order valence-corrected chi connectivity index (χ1v) is 11.4. The summed E-state index contributed by atoms with van der Waals surface area (Å²) in [5.41, 5.74) is 0.770. The molecule has 2 aromatic rings. The number of fused-ring (bicyclic) bond motifs is 3. The highest BCUT2D eigenvalue weighted by Gasteiger charge is 2.32. The number of rotatable bonds is 3. The summed E-state index contributed by atoms with van der Waals surface area (Å²) in [6.07, 6.45) is 3.53. The predicted molar refractivity (Wildman–Crippen MR) is 110 cm³/mol. The van der Waals surface area contributed by atoms with Crippen molar-refractivity contribution in [1.82, 2.24) is 0 Å². The van der Waals surface area contributed by atoms with Crippen molar-refractivity contribution in [3.05, 3.63) is 40.8 Å². The monoisotopic (exact) mass is 433 g/mol. The van der Waals surface area contributed by atoms with Gasteiger partial charge in [0.05, 0.1) is 17.8 Å². The Balaban J connectivity index is 1.62. The van der Waals surface area contributed by atoms with Crippen LogP contribution in [0.1, 0.15) is 45.7 Å². The number of hydrogen-bond donors (Lipinski definition) is 1. The molecule has 0 saturated carbocycles. The van der Waals surface area contributed by atoms with Gasteiger partial charge in [0.15, 0.2) is 0 Å². The molecule has 3 heterocycles. The van der Waals surface area contributed by atoms with Crippen LogP contribution in [-0.2, 0) is 14.8 Å². The van der Waals surface area contributed by atoms with Crippen molar-refractivity contribution in [2.24, 2.45) is 4.40 Å². The summed E-state index contributed by atoms with van der Waals surface area (Å²) in [5, 5.41) is 3.15. The number of sulfonamides is 1. The van der Waals surface area contributed by atoms with Crippen LogP contribution in [0, 0.1) is 0 Å². The highest BCUT2D eigenvalue weighted by atomic mass is 32.2. The standard InChI is InChI=1S/C19H19N3O5S2/c1-27-19(24)14-8-9-17(28-14)20-18(23)12-6-7-13-15(11-12)29(25,26)21-16-5-3-2-4-10-22(13)16/h6-9,11H,2-5,10H2,1H3,(H,20,23).